The number of imidazole rings is 1. The minimum absolute atomic E-state index is 0.0213. The smallest absolute Gasteiger partial charge is 0.335 e. The van der Waals surface area contributed by atoms with Crippen molar-refractivity contribution in [3.63, 3.8) is 0 Å². The molecule has 2 rings (SSSR count). The Kier molecular flexibility index (Phi) is 3.39. The van der Waals surface area contributed by atoms with Gasteiger partial charge in [0.05, 0.1) is 16.1 Å². The Morgan fingerprint density at radius 1 is 1.30 bits per heavy atom. The summed E-state index contributed by atoms with van der Waals surface area (Å²) in [6.45, 7) is 3.37. The van der Waals surface area contributed by atoms with Crippen molar-refractivity contribution in [3.8, 4) is 5.69 Å². The molecule has 1 heterocycles. The predicted octanol–water partition coefficient (Wildman–Crippen LogP) is 1.59. The molecular weight excluding hydrogens is 280 g/mol. The van der Waals surface area contributed by atoms with Crippen LogP contribution in [0.5, 0.6) is 0 Å². The molecule has 0 bridgehead atoms. The maximum atomic E-state index is 11.9. The first-order chi connectivity index (χ1) is 9.21. The first-order valence-corrected chi connectivity index (χ1v) is 7.69. The van der Waals surface area contributed by atoms with Gasteiger partial charge in [0.15, 0.2) is 9.84 Å². The van der Waals surface area contributed by atoms with Gasteiger partial charge in [0.25, 0.3) is 0 Å². The molecule has 0 saturated heterocycles. The highest BCUT2D eigenvalue weighted by molar-refractivity contribution is 7.90. The topological polar surface area (TPSA) is 89.3 Å². The van der Waals surface area contributed by atoms with Gasteiger partial charge in [0.2, 0.25) is 0 Å². The van der Waals surface area contributed by atoms with Crippen molar-refractivity contribution in [3.05, 3.63) is 41.5 Å². The molecule has 0 saturated carbocycles. The third-order valence-electron chi connectivity index (χ3n) is 3.02. The van der Waals surface area contributed by atoms with E-state index in [2.05, 4.69) is 4.98 Å². The lowest BCUT2D eigenvalue weighted by Gasteiger charge is -2.13. The van der Waals surface area contributed by atoms with Crippen molar-refractivity contribution in [2.24, 2.45) is 0 Å². The summed E-state index contributed by atoms with van der Waals surface area (Å²) < 4.78 is 25.5. The number of hydrogen-bond donors (Lipinski definition) is 1. The standard InChI is InChI=1S/C13H14N2O4S/c1-8-6-11(15-5-4-14-9(15)2)12(20(3,18)19)7-10(8)13(16)17/h4-7H,1-3H3,(H,16,17). The maximum absolute atomic E-state index is 11.9. The Balaban J connectivity index is 2.85. The number of aromatic carboxylic acids is 1. The van der Waals surface area contributed by atoms with Gasteiger partial charge in [0.1, 0.15) is 5.82 Å². The summed E-state index contributed by atoms with van der Waals surface area (Å²) >= 11 is 0. The molecule has 0 aliphatic carbocycles. The average molecular weight is 294 g/mol. The van der Waals surface area contributed by atoms with Gasteiger partial charge in [-0.1, -0.05) is 0 Å². The van der Waals surface area contributed by atoms with Crippen molar-refractivity contribution < 1.29 is 18.3 Å². The van der Waals surface area contributed by atoms with E-state index in [1.807, 2.05) is 0 Å². The number of hydrogen-bond acceptors (Lipinski definition) is 4. The first kappa shape index (κ1) is 14.3. The summed E-state index contributed by atoms with van der Waals surface area (Å²) in [6, 6.07) is 2.75. The minimum atomic E-state index is -3.56. The van der Waals surface area contributed by atoms with Gasteiger partial charge in [-0.3, -0.25) is 0 Å². The van der Waals surface area contributed by atoms with Gasteiger partial charge in [-0.05, 0) is 31.5 Å². The van der Waals surface area contributed by atoms with Gasteiger partial charge in [-0.2, -0.15) is 0 Å². The van der Waals surface area contributed by atoms with Crippen LogP contribution in [-0.2, 0) is 9.84 Å². The molecule has 0 atom stereocenters. The zero-order valence-electron chi connectivity index (χ0n) is 11.3. The van der Waals surface area contributed by atoms with Crippen molar-refractivity contribution in [1.29, 1.82) is 0 Å². The Bertz CT molecular complexity index is 791. The lowest BCUT2D eigenvalue weighted by Crippen LogP contribution is -2.10. The molecule has 6 nitrogen and oxygen atoms in total. The largest absolute Gasteiger partial charge is 0.478 e. The van der Waals surface area contributed by atoms with Gasteiger partial charge in [-0.25, -0.2) is 18.2 Å². The van der Waals surface area contributed by atoms with Gasteiger partial charge in [0, 0.05) is 18.6 Å². The molecule has 7 heteroatoms. The van der Waals surface area contributed by atoms with Crippen LogP contribution in [-0.4, -0.2) is 35.3 Å². The number of carbonyl (C=O) groups is 1. The first-order valence-electron chi connectivity index (χ1n) is 5.80. The minimum Gasteiger partial charge on any atom is -0.478 e. The molecule has 0 aliphatic heterocycles. The number of nitrogens with zero attached hydrogens (tertiary/aromatic N) is 2. The van der Waals surface area contributed by atoms with Crippen molar-refractivity contribution in [2.45, 2.75) is 18.7 Å². The van der Waals surface area contributed by atoms with E-state index in [1.165, 1.54) is 6.07 Å². The van der Waals surface area contributed by atoms with Crippen LogP contribution >= 0.6 is 0 Å². The monoisotopic (exact) mass is 294 g/mol. The van der Waals surface area contributed by atoms with E-state index in [-0.39, 0.29) is 10.5 Å². The Labute approximate surface area is 116 Å². The maximum Gasteiger partial charge on any atom is 0.335 e. The fraction of sp³-hybridized carbons (Fsp3) is 0.231. The summed E-state index contributed by atoms with van der Waals surface area (Å²) in [5.41, 5.74) is 0.880. The third kappa shape index (κ3) is 2.44. The molecule has 106 valence electrons. The molecule has 20 heavy (non-hydrogen) atoms. The van der Waals surface area contributed by atoms with Crippen LogP contribution in [0, 0.1) is 13.8 Å². The number of rotatable bonds is 3. The van der Waals surface area contributed by atoms with Crippen LogP contribution in [0.2, 0.25) is 0 Å². The normalized spacial score (nSPS) is 11.6. The van der Waals surface area contributed by atoms with Crippen molar-refractivity contribution >= 4 is 15.8 Å². The Hall–Kier alpha value is -2.15. The summed E-state index contributed by atoms with van der Waals surface area (Å²) in [7, 11) is -3.56. The van der Waals surface area contributed by atoms with Gasteiger partial charge in [-0.15, -0.1) is 0 Å². The van der Waals surface area contributed by atoms with E-state index >= 15 is 0 Å². The van der Waals surface area contributed by atoms with Gasteiger partial charge < -0.3 is 9.67 Å². The number of carboxylic acids is 1. The second kappa shape index (κ2) is 4.75. The summed E-state index contributed by atoms with van der Waals surface area (Å²) in [4.78, 5) is 15.2. The van der Waals surface area contributed by atoms with Crippen LogP contribution in [0.15, 0.2) is 29.4 Å². The predicted molar refractivity (Wildman–Crippen MR) is 73.1 cm³/mol. The van der Waals surface area contributed by atoms with Crippen LogP contribution in [0.1, 0.15) is 21.7 Å². The zero-order chi connectivity index (χ0) is 15.1. The third-order valence-corrected chi connectivity index (χ3v) is 4.15. The van der Waals surface area contributed by atoms with Gasteiger partial charge >= 0.3 is 5.97 Å². The molecule has 1 aromatic heterocycles. The fourth-order valence-electron chi connectivity index (χ4n) is 2.02. The number of aryl methyl sites for hydroxylation is 2. The molecule has 0 spiro atoms. The lowest BCUT2D eigenvalue weighted by molar-refractivity contribution is 0.0696. The van der Waals surface area contributed by atoms with E-state index in [1.54, 1.807) is 36.9 Å². The number of sulfone groups is 1. The van der Waals surface area contributed by atoms with Crippen LogP contribution in [0.3, 0.4) is 0 Å². The van der Waals surface area contributed by atoms with E-state index in [0.29, 0.717) is 17.1 Å². The molecule has 0 amide bonds. The molecule has 0 radical (unpaired) electrons. The van der Waals surface area contributed by atoms with Crippen molar-refractivity contribution in [1.82, 2.24) is 9.55 Å². The number of carboxylic acid groups (broad SMARTS) is 1. The zero-order valence-corrected chi connectivity index (χ0v) is 12.1. The summed E-state index contributed by atoms with van der Waals surface area (Å²) in [5, 5.41) is 9.12. The molecule has 0 aliphatic rings. The second-order valence-corrected chi connectivity index (χ2v) is 6.54. The van der Waals surface area contributed by atoms with E-state index in [9.17, 15) is 13.2 Å². The quantitative estimate of drug-likeness (QED) is 0.928. The lowest BCUT2D eigenvalue weighted by atomic mass is 10.1. The molecule has 2 aromatic rings. The fourth-order valence-corrected chi connectivity index (χ4v) is 2.89. The van der Waals surface area contributed by atoms with Crippen LogP contribution in [0.25, 0.3) is 5.69 Å². The molecule has 1 aromatic carbocycles. The molecule has 0 fully saturated rings. The SMILES string of the molecule is Cc1cc(-n2ccnc2C)c(S(C)(=O)=O)cc1C(=O)O. The molecular formula is C13H14N2O4S. The second-order valence-electron chi connectivity index (χ2n) is 4.56. The highest BCUT2D eigenvalue weighted by atomic mass is 32.2. The average Bonchev–Trinajstić information content (AvgIpc) is 2.72. The molecule has 1 N–H and O–H groups in total. The summed E-state index contributed by atoms with van der Waals surface area (Å²) in [5.74, 6) is -0.529. The Morgan fingerprint density at radius 3 is 2.40 bits per heavy atom. The number of benzene rings is 1. The number of aromatic nitrogens is 2. The highest BCUT2D eigenvalue weighted by Crippen LogP contribution is 2.25. The Morgan fingerprint density at radius 2 is 1.95 bits per heavy atom. The van der Waals surface area contributed by atoms with E-state index < -0.39 is 15.8 Å². The van der Waals surface area contributed by atoms with Crippen LogP contribution in [0.4, 0.5) is 0 Å². The summed E-state index contributed by atoms with van der Waals surface area (Å²) in [6.07, 6.45) is 4.25. The molecule has 0 unspecified atom stereocenters. The van der Waals surface area contributed by atoms with E-state index in [4.69, 9.17) is 5.11 Å². The van der Waals surface area contributed by atoms with Crippen molar-refractivity contribution in [2.75, 3.05) is 6.26 Å². The van der Waals surface area contributed by atoms with Crippen LogP contribution < -0.4 is 0 Å². The van der Waals surface area contributed by atoms with E-state index in [0.717, 1.165) is 6.26 Å². The highest BCUT2D eigenvalue weighted by Gasteiger charge is 2.20.